The predicted octanol–water partition coefficient (Wildman–Crippen LogP) is 2.79. The van der Waals surface area contributed by atoms with E-state index < -0.39 is 0 Å². The van der Waals surface area contributed by atoms with Crippen LogP contribution >= 0.6 is 0 Å². The summed E-state index contributed by atoms with van der Waals surface area (Å²) in [5.74, 6) is 1.26. The zero-order chi connectivity index (χ0) is 9.56. The van der Waals surface area contributed by atoms with Gasteiger partial charge in [-0.15, -0.1) is 26.2 Å². The molecule has 0 saturated heterocycles. The average Bonchev–Trinajstić information content (AvgIpc) is 2.03. The molecule has 0 saturated carbocycles. The SMILES string of the molecule is C=C[N+](C)=C[C-](C)/C=C(\C)CC.[Y]. The minimum Gasteiger partial charge on any atom is -0.225 e. The van der Waals surface area contributed by atoms with Gasteiger partial charge in [0, 0.05) is 32.7 Å². The van der Waals surface area contributed by atoms with Gasteiger partial charge in [0.15, 0.2) is 6.20 Å². The van der Waals surface area contributed by atoms with Crippen molar-refractivity contribution in [1.82, 2.24) is 0 Å². The maximum Gasteiger partial charge on any atom is 0.159 e. The summed E-state index contributed by atoms with van der Waals surface area (Å²) in [7, 11) is 1.98. The standard InChI is InChI=1S/C11H19N.Y/c1-6-10(3)8-11(4)9-12(5)7-2;/h7-9H,2,6H2,1,3-5H3;/b10-8+,12-9?;. The third-order valence-electron chi connectivity index (χ3n) is 1.73. The van der Waals surface area contributed by atoms with Crippen molar-refractivity contribution in [2.45, 2.75) is 27.2 Å². The van der Waals surface area contributed by atoms with E-state index in [2.05, 4.69) is 39.6 Å². The van der Waals surface area contributed by atoms with Crippen LogP contribution in [0.25, 0.3) is 0 Å². The molecule has 2 heteroatoms. The van der Waals surface area contributed by atoms with Crippen LogP contribution in [0.4, 0.5) is 0 Å². The van der Waals surface area contributed by atoms with Gasteiger partial charge < -0.3 is 0 Å². The summed E-state index contributed by atoms with van der Waals surface area (Å²) < 4.78 is 1.95. The Balaban J connectivity index is 0. The Labute approximate surface area is 107 Å². The van der Waals surface area contributed by atoms with Crippen molar-refractivity contribution in [3.05, 3.63) is 30.3 Å². The second-order valence-electron chi connectivity index (χ2n) is 3.07. The molecule has 0 aliphatic rings. The average molecular weight is 254 g/mol. The van der Waals surface area contributed by atoms with Gasteiger partial charge in [-0.05, 0) is 6.58 Å². The number of rotatable bonds is 4. The van der Waals surface area contributed by atoms with E-state index in [0.29, 0.717) is 0 Å². The molecule has 0 aromatic heterocycles. The van der Waals surface area contributed by atoms with Crippen LogP contribution in [0.15, 0.2) is 24.4 Å². The molecule has 0 atom stereocenters. The molecule has 0 heterocycles. The van der Waals surface area contributed by atoms with Gasteiger partial charge in [0.25, 0.3) is 0 Å². The summed E-state index contributed by atoms with van der Waals surface area (Å²) in [6, 6.07) is 0. The Morgan fingerprint density at radius 1 is 1.54 bits per heavy atom. The smallest absolute Gasteiger partial charge is 0.159 e. The van der Waals surface area contributed by atoms with Crippen molar-refractivity contribution < 1.29 is 37.3 Å². The molecular weight excluding hydrogens is 235 g/mol. The fraction of sp³-hybridized carbons (Fsp3) is 0.455. The van der Waals surface area contributed by atoms with Crippen molar-refractivity contribution in [3.8, 4) is 0 Å². The Morgan fingerprint density at radius 3 is 2.46 bits per heavy atom. The third kappa shape index (κ3) is 8.45. The first kappa shape index (κ1) is 15.6. The minimum atomic E-state index is 0. The molecule has 71 valence electrons. The minimum absolute atomic E-state index is 0. The first-order valence-electron chi connectivity index (χ1n) is 4.30. The van der Waals surface area contributed by atoms with Crippen LogP contribution in [-0.4, -0.2) is 17.8 Å². The Hall–Kier alpha value is 0.124. The maximum atomic E-state index is 3.67. The summed E-state index contributed by atoms with van der Waals surface area (Å²) in [6.07, 6.45) is 7.16. The molecule has 0 rings (SSSR count). The molecule has 0 aliphatic carbocycles. The molecule has 0 aliphatic heterocycles. The van der Waals surface area contributed by atoms with E-state index in [1.165, 1.54) is 11.5 Å². The Kier molecular flexibility index (Phi) is 10.4. The molecule has 1 nitrogen and oxygen atoms in total. The van der Waals surface area contributed by atoms with Crippen LogP contribution in [-0.2, 0) is 32.7 Å². The number of nitrogens with zero attached hydrogens (tertiary/aromatic N) is 1. The largest absolute Gasteiger partial charge is 0.225 e. The molecule has 13 heavy (non-hydrogen) atoms. The second-order valence-corrected chi connectivity index (χ2v) is 3.07. The summed E-state index contributed by atoms with van der Waals surface area (Å²) in [4.78, 5) is 0. The van der Waals surface area contributed by atoms with Gasteiger partial charge in [-0.1, -0.05) is 6.92 Å². The van der Waals surface area contributed by atoms with E-state index in [1.54, 1.807) is 6.20 Å². The first-order chi connectivity index (χ1) is 5.60. The topological polar surface area (TPSA) is 3.01 Å². The molecular formula is C11H19NY. The van der Waals surface area contributed by atoms with E-state index in [-0.39, 0.29) is 32.7 Å². The molecule has 0 aromatic rings. The normalized spacial score (nSPS) is 12.0. The Morgan fingerprint density at radius 2 is 2.08 bits per heavy atom. The molecule has 0 unspecified atom stereocenters. The van der Waals surface area contributed by atoms with E-state index in [0.717, 1.165) is 6.42 Å². The van der Waals surface area contributed by atoms with Crippen molar-refractivity contribution in [2.24, 2.45) is 0 Å². The monoisotopic (exact) mass is 254 g/mol. The number of allylic oxidation sites excluding steroid dienone is 2. The fourth-order valence-corrected chi connectivity index (χ4v) is 0.902. The van der Waals surface area contributed by atoms with Crippen LogP contribution in [0.5, 0.6) is 0 Å². The molecule has 0 spiro atoms. The fourth-order valence-electron chi connectivity index (χ4n) is 0.902. The van der Waals surface area contributed by atoms with Gasteiger partial charge in [-0.25, -0.2) is 16.2 Å². The summed E-state index contributed by atoms with van der Waals surface area (Å²) >= 11 is 0. The zero-order valence-corrected chi connectivity index (χ0v) is 12.0. The Bertz CT molecular complexity index is 204. The summed E-state index contributed by atoms with van der Waals surface area (Å²) in [6.45, 7) is 10.1. The van der Waals surface area contributed by atoms with Crippen molar-refractivity contribution in [1.29, 1.82) is 0 Å². The molecule has 0 fully saturated rings. The van der Waals surface area contributed by atoms with Crippen LogP contribution in [0, 0.1) is 5.92 Å². The van der Waals surface area contributed by atoms with Gasteiger partial charge in [0.05, 0.1) is 6.21 Å². The zero-order valence-electron chi connectivity index (χ0n) is 9.17. The van der Waals surface area contributed by atoms with Gasteiger partial charge >= 0.3 is 0 Å². The van der Waals surface area contributed by atoms with Crippen LogP contribution in [0.2, 0.25) is 0 Å². The number of hydrogen-bond acceptors (Lipinski definition) is 0. The first-order valence-corrected chi connectivity index (χ1v) is 4.30. The molecule has 0 bridgehead atoms. The van der Waals surface area contributed by atoms with E-state index in [4.69, 9.17) is 0 Å². The van der Waals surface area contributed by atoms with Crippen LogP contribution in [0.3, 0.4) is 0 Å². The second kappa shape index (κ2) is 8.71. The predicted molar refractivity (Wildman–Crippen MR) is 55.4 cm³/mol. The van der Waals surface area contributed by atoms with Crippen molar-refractivity contribution >= 4 is 6.21 Å². The van der Waals surface area contributed by atoms with E-state index in [1.807, 2.05) is 11.6 Å². The van der Waals surface area contributed by atoms with Crippen molar-refractivity contribution in [3.63, 3.8) is 0 Å². The molecule has 1 radical (unpaired) electrons. The maximum absolute atomic E-state index is 3.67. The van der Waals surface area contributed by atoms with Gasteiger partial charge in [0.1, 0.15) is 7.05 Å². The van der Waals surface area contributed by atoms with Gasteiger partial charge in [-0.3, -0.25) is 0 Å². The van der Waals surface area contributed by atoms with Crippen LogP contribution < -0.4 is 0 Å². The van der Waals surface area contributed by atoms with E-state index >= 15 is 0 Å². The van der Waals surface area contributed by atoms with E-state index in [9.17, 15) is 0 Å². The number of hydrogen-bond donors (Lipinski definition) is 0. The summed E-state index contributed by atoms with van der Waals surface area (Å²) in [5, 5.41) is 0. The molecule has 0 amide bonds. The third-order valence-corrected chi connectivity index (χ3v) is 1.73. The van der Waals surface area contributed by atoms with Crippen LogP contribution in [0.1, 0.15) is 27.2 Å². The quantitative estimate of drug-likeness (QED) is 0.412. The molecule has 0 aromatic carbocycles. The van der Waals surface area contributed by atoms with Crippen molar-refractivity contribution in [2.75, 3.05) is 7.05 Å². The molecule has 0 N–H and O–H groups in total. The summed E-state index contributed by atoms with van der Waals surface area (Å²) in [5.41, 5.74) is 1.40. The van der Waals surface area contributed by atoms with Gasteiger partial charge in [-0.2, -0.15) is 0 Å². The van der Waals surface area contributed by atoms with Gasteiger partial charge in [0.2, 0.25) is 0 Å².